The molecule has 0 radical (unpaired) electrons. The van der Waals surface area contributed by atoms with Crippen LogP contribution in [0.4, 0.5) is 5.69 Å². The first-order valence-corrected chi connectivity index (χ1v) is 7.06. The van der Waals surface area contributed by atoms with Crippen molar-refractivity contribution in [3.63, 3.8) is 0 Å². The lowest BCUT2D eigenvalue weighted by Crippen LogP contribution is -2.28. The molecule has 0 amide bonds. The summed E-state index contributed by atoms with van der Waals surface area (Å²) in [6.07, 6.45) is 4.62. The van der Waals surface area contributed by atoms with Gasteiger partial charge in [0.2, 0.25) is 0 Å². The van der Waals surface area contributed by atoms with Crippen LogP contribution < -0.4 is 10.6 Å². The van der Waals surface area contributed by atoms with Gasteiger partial charge in [0.15, 0.2) is 5.84 Å². The number of nitrogens with two attached hydrogens (primary N) is 1. The molecule has 0 aromatic heterocycles. The van der Waals surface area contributed by atoms with Crippen LogP contribution in [0.15, 0.2) is 29.4 Å². The van der Waals surface area contributed by atoms with Gasteiger partial charge in [0, 0.05) is 24.3 Å². The largest absolute Gasteiger partial charge is 0.409 e. The van der Waals surface area contributed by atoms with Crippen molar-refractivity contribution in [3.05, 3.63) is 29.8 Å². The van der Waals surface area contributed by atoms with E-state index in [4.69, 9.17) is 10.9 Å². The van der Waals surface area contributed by atoms with Crippen molar-refractivity contribution in [2.75, 3.05) is 18.0 Å². The van der Waals surface area contributed by atoms with E-state index in [1.54, 1.807) is 0 Å². The van der Waals surface area contributed by atoms with Crippen molar-refractivity contribution in [1.29, 1.82) is 0 Å². The summed E-state index contributed by atoms with van der Waals surface area (Å²) in [5.74, 6) is 0.175. The molecular formula is C15H25N3O. The van der Waals surface area contributed by atoms with Crippen LogP contribution in [0, 0.1) is 0 Å². The number of amidine groups is 1. The second-order valence-corrected chi connectivity index (χ2v) is 4.70. The Balaban J connectivity index is 2.99. The van der Waals surface area contributed by atoms with Gasteiger partial charge in [0.1, 0.15) is 0 Å². The normalized spacial score (nSPS) is 11.6. The van der Waals surface area contributed by atoms with Gasteiger partial charge in [-0.1, -0.05) is 44.0 Å². The van der Waals surface area contributed by atoms with Gasteiger partial charge in [-0.25, -0.2) is 0 Å². The number of nitrogens with zero attached hydrogens (tertiary/aromatic N) is 2. The number of benzene rings is 1. The average molecular weight is 263 g/mol. The molecule has 0 aliphatic heterocycles. The third kappa shape index (κ3) is 4.47. The molecule has 0 saturated heterocycles. The predicted octanol–water partition coefficient (Wildman–Crippen LogP) is 3.19. The maximum Gasteiger partial charge on any atom is 0.172 e. The number of hydrogen-bond donors (Lipinski definition) is 2. The van der Waals surface area contributed by atoms with Crippen molar-refractivity contribution in [2.45, 2.75) is 39.5 Å². The Morgan fingerprint density at radius 2 is 1.74 bits per heavy atom. The van der Waals surface area contributed by atoms with Gasteiger partial charge in [-0.15, -0.1) is 0 Å². The maximum absolute atomic E-state index is 8.89. The van der Waals surface area contributed by atoms with Crippen molar-refractivity contribution in [1.82, 2.24) is 0 Å². The predicted molar refractivity (Wildman–Crippen MR) is 81.0 cm³/mol. The summed E-state index contributed by atoms with van der Waals surface area (Å²) in [6, 6.07) is 7.84. The van der Waals surface area contributed by atoms with E-state index in [1.165, 1.54) is 0 Å². The van der Waals surface area contributed by atoms with Crippen LogP contribution in [0.2, 0.25) is 0 Å². The highest BCUT2D eigenvalue weighted by Crippen LogP contribution is 2.21. The molecule has 0 saturated carbocycles. The quantitative estimate of drug-likeness (QED) is 0.328. The van der Waals surface area contributed by atoms with E-state index in [0.29, 0.717) is 0 Å². The Hall–Kier alpha value is -1.71. The lowest BCUT2D eigenvalue weighted by Gasteiger charge is -2.26. The minimum atomic E-state index is 0.175. The smallest absolute Gasteiger partial charge is 0.172 e. The molecule has 3 N–H and O–H groups in total. The Morgan fingerprint density at radius 3 is 2.26 bits per heavy atom. The standard InChI is InChI=1S/C15H25N3O/c1-3-5-11-18(12-6-4-2)14-10-8-7-9-13(14)15(16)17-19/h7-10,19H,3-6,11-12H2,1-2H3,(H2,16,17). The van der Waals surface area contributed by atoms with Gasteiger partial charge in [0.25, 0.3) is 0 Å². The Bertz CT molecular complexity index is 396. The van der Waals surface area contributed by atoms with E-state index in [1.807, 2.05) is 24.3 Å². The molecule has 106 valence electrons. The number of anilines is 1. The lowest BCUT2D eigenvalue weighted by molar-refractivity contribution is 0.318. The molecule has 1 aromatic rings. The zero-order valence-corrected chi connectivity index (χ0v) is 12.0. The van der Waals surface area contributed by atoms with Crippen LogP contribution in [-0.2, 0) is 0 Å². The van der Waals surface area contributed by atoms with E-state index >= 15 is 0 Å². The Labute approximate surface area is 115 Å². The minimum absolute atomic E-state index is 0.175. The molecule has 4 heteroatoms. The van der Waals surface area contributed by atoms with Crippen LogP contribution in [0.25, 0.3) is 0 Å². The molecule has 4 nitrogen and oxygen atoms in total. The Morgan fingerprint density at radius 1 is 1.16 bits per heavy atom. The summed E-state index contributed by atoms with van der Waals surface area (Å²) in [7, 11) is 0. The third-order valence-electron chi connectivity index (χ3n) is 3.19. The fraction of sp³-hybridized carbons (Fsp3) is 0.533. The van der Waals surface area contributed by atoms with E-state index in [0.717, 1.165) is 50.0 Å². The van der Waals surface area contributed by atoms with E-state index in [9.17, 15) is 0 Å². The molecule has 0 unspecified atom stereocenters. The minimum Gasteiger partial charge on any atom is -0.409 e. The summed E-state index contributed by atoms with van der Waals surface area (Å²) in [4.78, 5) is 2.33. The highest BCUT2D eigenvalue weighted by molar-refractivity contribution is 6.02. The van der Waals surface area contributed by atoms with Gasteiger partial charge < -0.3 is 15.8 Å². The van der Waals surface area contributed by atoms with Crippen molar-refractivity contribution in [3.8, 4) is 0 Å². The van der Waals surface area contributed by atoms with Crippen molar-refractivity contribution < 1.29 is 5.21 Å². The van der Waals surface area contributed by atoms with E-state index in [2.05, 4.69) is 23.9 Å². The van der Waals surface area contributed by atoms with Crippen LogP contribution in [0.5, 0.6) is 0 Å². The zero-order chi connectivity index (χ0) is 14.1. The van der Waals surface area contributed by atoms with Crippen LogP contribution in [0.1, 0.15) is 45.1 Å². The maximum atomic E-state index is 8.89. The summed E-state index contributed by atoms with van der Waals surface area (Å²) in [5.41, 5.74) is 7.62. The SMILES string of the molecule is CCCCN(CCCC)c1ccccc1/C(N)=N/O. The molecule has 0 fully saturated rings. The third-order valence-corrected chi connectivity index (χ3v) is 3.19. The lowest BCUT2D eigenvalue weighted by atomic mass is 10.1. The number of para-hydroxylation sites is 1. The Kier molecular flexibility index (Phi) is 6.79. The fourth-order valence-electron chi connectivity index (χ4n) is 2.07. The van der Waals surface area contributed by atoms with Gasteiger partial charge in [0.05, 0.1) is 0 Å². The second-order valence-electron chi connectivity index (χ2n) is 4.70. The van der Waals surface area contributed by atoms with E-state index in [-0.39, 0.29) is 5.84 Å². The highest BCUT2D eigenvalue weighted by Gasteiger charge is 2.12. The van der Waals surface area contributed by atoms with Crippen LogP contribution in [-0.4, -0.2) is 24.1 Å². The summed E-state index contributed by atoms with van der Waals surface area (Å²) >= 11 is 0. The first-order chi connectivity index (χ1) is 9.24. The molecule has 0 aliphatic rings. The number of unbranched alkanes of at least 4 members (excludes halogenated alkanes) is 2. The summed E-state index contributed by atoms with van der Waals surface area (Å²) in [6.45, 7) is 6.39. The molecule has 1 rings (SSSR count). The molecule has 0 heterocycles. The molecule has 0 bridgehead atoms. The van der Waals surface area contributed by atoms with Crippen LogP contribution >= 0.6 is 0 Å². The number of rotatable bonds is 8. The second kappa shape index (κ2) is 8.40. The van der Waals surface area contributed by atoms with Crippen molar-refractivity contribution >= 4 is 11.5 Å². The van der Waals surface area contributed by atoms with Gasteiger partial charge in [-0.05, 0) is 25.0 Å². The molecule has 19 heavy (non-hydrogen) atoms. The highest BCUT2D eigenvalue weighted by atomic mass is 16.4. The van der Waals surface area contributed by atoms with Gasteiger partial charge in [-0.3, -0.25) is 0 Å². The summed E-state index contributed by atoms with van der Waals surface area (Å²) in [5, 5.41) is 12.0. The fourth-order valence-corrected chi connectivity index (χ4v) is 2.07. The van der Waals surface area contributed by atoms with Gasteiger partial charge >= 0.3 is 0 Å². The molecular weight excluding hydrogens is 238 g/mol. The summed E-state index contributed by atoms with van der Waals surface area (Å²) < 4.78 is 0. The molecule has 0 spiro atoms. The van der Waals surface area contributed by atoms with Gasteiger partial charge in [-0.2, -0.15) is 0 Å². The average Bonchev–Trinajstić information content (AvgIpc) is 2.47. The number of oxime groups is 1. The van der Waals surface area contributed by atoms with E-state index < -0.39 is 0 Å². The molecule has 1 aromatic carbocycles. The number of hydrogen-bond acceptors (Lipinski definition) is 3. The van der Waals surface area contributed by atoms with Crippen molar-refractivity contribution in [2.24, 2.45) is 10.9 Å². The molecule has 0 atom stereocenters. The van der Waals surface area contributed by atoms with Crippen LogP contribution in [0.3, 0.4) is 0 Å². The zero-order valence-electron chi connectivity index (χ0n) is 12.0. The molecule has 0 aliphatic carbocycles. The topological polar surface area (TPSA) is 61.8 Å². The first-order valence-electron chi connectivity index (χ1n) is 7.06. The monoisotopic (exact) mass is 263 g/mol. The first kappa shape index (κ1) is 15.3.